The summed E-state index contributed by atoms with van der Waals surface area (Å²) in [5, 5.41) is 5.45. The molecule has 0 aromatic heterocycles. The zero-order valence-electron chi connectivity index (χ0n) is 16.9. The van der Waals surface area contributed by atoms with Gasteiger partial charge >= 0.3 is 6.09 Å². The highest BCUT2D eigenvalue weighted by molar-refractivity contribution is 6.99. The molecule has 0 bridgehead atoms. The second-order valence-electron chi connectivity index (χ2n) is 8.97. The summed E-state index contributed by atoms with van der Waals surface area (Å²) in [6, 6.07) is 21.2. The summed E-state index contributed by atoms with van der Waals surface area (Å²) in [5.41, 5.74) is -0.652. The molecule has 1 N–H and O–H groups in total. The minimum Gasteiger partial charge on any atom is -0.449 e. The molecule has 2 atom stereocenters. The third-order valence-corrected chi connectivity index (χ3v) is 11.3. The fourth-order valence-electron chi connectivity index (χ4n) is 4.90. The van der Waals surface area contributed by atoms with Crippen LogP contribution in [0.2, 0.25) is 5.04 Å². The number of cyclic esters (lactones) is 1. The Morgan fingerprint density at radius 2 is 1.61 bits per heavy atom. The molecule has 1 aliphatic carbocycles. The first-order valence-electron chi connectivity index (χ1n) is 10.1. The molecule has 2 aliphatic rings. The molecule has 1 amide bonds. The van der Waals surface area contributed by atoms with Gasteiger partial charge < -0.3 is 9.16 Å². The van der Waals surface area contributed by atoms with E-state index >= 15 is 0 Å². The van der Waals surface area contributed by atoms with Crippen LogP contribution in [0.3, 0.4) is 0 Å². The number of rotatable bonds is 4. The zero-order valence-corrected chi connectivity index (χ0v) is 17.9. The van der Waals surface area contributed by atoms with Crippen molar-refractivity contribution in [3.05, 3.63) is 60.7 Å². The van der Waals surface area contributed by atoms with Gasteiger partial charge in [-0.15, -0.1) is 0 Å². The van der Waals surface area contributed by atoms with Crippen molar-refractivity contribution in [2.75, 3.05) is 6.61 Å². The van der Waals surface area contributed by atoms with Crippen molar-refractivity contribution >= 4 is 24.8 Å². The van der Waals surface area contributed by atoms with Crippen molar-refractivity contribution in [2.24, 2.45) is 5.92 Å². The van der Waals surface area contributed by atoms with E-state index in [9.17, 15) is 4.79 Å². The van der Waals surface area contributed by atoms with Gasteiger partial charge in [0.25, 0.3) is 8.32 Å². The van der Waals surface area contributed by atoms with Crippen LogP contribution in [0.25, 0.3) is 0 Å². The Morgan fingerprint density at radius 3 is 2.14 bits per heavy atom. The van der Waals surface area contributed by atoms with Gasteiger partial charge in [0.1, 0.15) is 12.3 Å². The Morgan fingerprint density at radius 1 is 1.04 bits per heavy atom. The van der Waals surface area contributed by atoms with Gasteiger partial charge in [0.2, 0.25) is 0 Å². The molecule has 1 heterocycles. The highest BCUT2D eigenvalue weighted by atomic mass is 28.4. The molecule has 1 saturated heterocycles. The van der Waals surface area contributed by atoms with Crippen molar-refractivity contribution in [1.82, 2.24) is 5.32 Å². The Bertz CT molecular complexity index is 794. The van der Waals surface area contributed by atoms with Crippen LogP contribution in [0.1, 0.15) is 40.0 Å². The summed E-state index contributed by atoms with van der Waals surface area (Å²) in [4.78, 5) is 12.2. The van der Waals surface area contributed by atoms with E-state index in [-0.39, 0.29) is 17.0 Å². The van der Waals surface area contributed by atoms with E-state index in [4.69, 9.17) is 9.16 Å². The normalized spacial score (nSPS) is 25.0. The monoisotopic (exact) mass is 395 g/mol. The van der Waals surface area contributed by atoms with Crippen molar-refractivity contribution < 1.29 is 14.0 Å². The largest absolute Gasteiger partial charge is 0.449 e. The molecular weight excluding hydrogens is 366 g/mol. The maximum atomic E-state index is 12.2. The van der Waals surface area contributed by atoms with Gasteiger partial charge in [-0.3, -0.25) is 5.32 Å². The van der Waals surface area contributed by atoms with E-state index in [1.165, 1.54) is 10.4 Å². The first-order chi connectivity index (χ1) is 13.4. The molecule has 4 rings (SSSR count). The standard InChI is InChI=1S/C23H29NO3Si/c1-22(2,3)28(19-12-6-4-7-13-19,20-14-8-5-9-15-20)27-23-16-10-11-18(23)17-26-21(25)24-23/h4-9,12-15,18H,10-11,16-17H2,1-3H3,(H,24,25)/t18-,23+/m0/s1. The van der Waals surface area contributed by atoms with Crippen LogP contribution < -0.4 is 15.7 Å². The van der Waals surface area contributed by atoms with E-state index in [2.05, 4.69) is 74.6 Å². The first-order valence-corrected chi connectivity index (χ1v) is 12.0. The lowest BCUT2D eigenvalue weighted by Crippen LogP contribution is -2.73. The number of carbonyl (C=O) groups is 1. The second-order valence-corrected chi connectivity index (χ2v) is 13.2. The van der Waals surface area contributed by atoms with Crippen LogP contribution in [0.5, 0.6) is 0 Å². The third-order valence-electron chi connectivity index (χ3n) is 6.24. The minimum atomic E-state index is -2.73. The van der Waals surface area contributed by atoms with E-state index < -0.39 is 14.0 Å². The predicted molar refractivity (Wildman–Crippen MR) is 113 cm³/mol. The lowest BCUT2D eigenvalue weighted by Gasteiger charge is -2.51. The number of nitrogens with one attached hydrogen (secondary N) is 1. The number of benzene rings is 2. The number of amides is 1. The van der Waals surface area contributed by atoms with E-state index in [1.807, 2.05) is 12.1 Å². The summed E-state index contributed by atoms with van der Waals surface area (Å²) >= 11 is 0. The van der Waals surface area contributed by atoms with Gasteiger partial charge in [0.15, 0.2) is 0 Å². The van der Waals surface area contributed by atoms with Gasteiger partial charge in [-0.1, -0.05) is 81.4 Å². The molecular formula is C23H29NO3Si. The quantitative estimate of drug-likeness (QED) is 0.801. The Hall–Kier alpha value is -2.11. The lowest BCUT2D eigenvalue weighted by atomic mass is 10.00. The molecule has 28 heavy (non-hydrogen) atoms. The summed E-state index contributed by atoms with van der Waals surface area (Å²) in [7, 11) is -2.73. The number of carbonyl (C=O) groups excluding carboxylic acids is 1. The van der Waals surface area contributed by atoms with E-state index in [0.29, 0.717) is 6.61 Å². The third kappa shape index (κ3) is 3.07. The number of alkyl carbamates (subject to hydrolysis) is 1. The number of hydrogen-bond donors (Lipinski definition) is 1. The van der Waals surface area contributed by atoms with Gasteiger partial charge in [0, 0.05) is 5.92 Å². The molecule has 0 spiro atoms. The molecule has 1 saturated carbocycles. The molecule has 2 aromatic carbocycles. The highest BCUT2D eigenvalue weighted by Gasteiger charge is 2.59. The highest BCUT2D eigenvalue weighted by Crippen LogP contribution is 2.46. The summed E-state index contributed by atoms with van der Waals surface area (Å²) < 4.78 is 12.6. The summed E-state index contributed by atoms with van der Waals surface area (Å²) in [6.45, 7) is 7.23. The van der Waals surface area contributed by atoms with Gasteiger partial charge in [0.05, 0.1) is 0 Å². The Labute approximate surface area is 168 Å². The average molecular weight is 396 g/mol. The van der Waals surface area contributed by atoms with E-state index in [0.717, 1.165) is 19.3 Å². The molecule has 4 nitrogen and oxygen atoms in total. The maximum Gasteiger partial charge on any atom is 0.409 e. The predicted octanol–water partition coefficient (Wildman–Crippen LogP) is 3.80. The minimum absolute atomic E-state index is 0.124. The van der Waals surface area contributed by atoms with Gasteiger partial charge in [-0.2, -0.15) is 0 Å². The molecule has 148 valence electrons. The zero-order chi connectivity index (χ0) is 19.8. The smallest absolute Gasteiger partial charge is 0.409 e. The van der Waals surface area contributed by atoms with Crippen LogP contribution in [0, 0.1) is 5.92 Å². The molecule has 1 aliphatic heterocycles. The summed E-state index contributed by atoms with van der Waals surface area (Å²) in [5.74, 6) is 0.187. The van der Waals surface area contributed by atoms with Crippen LogP contribution in [-0.2, 0) is 9.16 Å². The van der Waals surface area contributed by atoms with Crippen molar-refractivity contribution in [3.63, 3.8) is 0 Å². The number of hydrogen-bond acceptors (Lipinski definition) is 3. The van der Waals surface area contributed by atoms with Gasteiger partial charge in [-0.05, 0) is 34.7 Å². The average Bonchev–Trinajstić information content (AvgIpc) is 3.09. The molecule has 2 aromatic rings. The fourth-order valence-corrected chi connectivity index (χ4v) is 9.70. The van der Waals surface area contributed by atoms with E-state index in [1.54, 1.807) is 0 Å². The van der Waals surface area contributed by atoms with Crippen LogP contribution in [-0.4, -0.2) is 26.7 Å². The Kier molecular flexibility index (Phi) is 4.84. The summed E-state index contributed by atoms with van der Waals surface area (Å²) in [6.07, 6.45) is 2.51. The SMILES string of the molecule is CC(C)(C)[Si](O[C@]12CCC[C@H]1COC(=O)N2)(c1ccccc1)c1ccccc1. The maximum absolute atomic E-state index is 12.2. The first kappa shape index (κ1) is 19.2. The van der Waals surface area contributed by atoms with Crippen molar-refractivity contribution in [3.8, 4) is 0 Å². The van der Waals surface area contributed by atoms with Crippen molar-refractivity contribution in [2.45, 2.75) is 50.8 Å². The van der Waals surface area contributed by atoms with Crippen LogP contribution >= 0.6 is 0 Å². The lowest BCUT2D eigenvalue weighted by molar-refractivity contribution is -0.0611. The number of ether oxygens (including phenoxy) is 1. The fraction of sp³-hybridized carbons (Fsp3) is 0.435. The Balaban J connectivity index is 1.92. The molecule has 0 radical (unpaired) electrons. The molecule has 2 fully saturated rings. The number of fused-ring (bicyclic) bond motifs is 1. The van der Waals surface area contributed by atoms with Crippen LogP contribution in [0.15, 0.2) is 60.7 Å². The molecule has 5 heteroatoms. The second kappa shape index (κ2) is 7.05. The topological polar surface area (TPSA) is 47.6 Å². The van der Waals surface area contributed by atoms with Crippen molar-refractivity contribution in [1.29, 1.82) is 0 Å². The molecule has 0 unspecified atom stereocenters. The van der Waals surface area contributed by atoms with Gasteiger partial charge in [-0.25, -0.2) is 4.79 Å². The van der Waals surface area contributed by atoms with Crippen LogP contribution in [0.4, 0.5) is 4.79 Å².